The molecule has 1 saturated carbocycles. The van der Waals surface area contributed by atoms with Crippen LogP contribution in [-0.4, -0.2) is 33.2 Å². The Labute approximate surface area is 248 Å². The summed E-state index contributed by atoms with van der Waals surface area (Å²) in [6, 6.07) is 39.6. The zero-order valence-electron chi connectivity index (χ0n) is 23.7. The Morgan fingerprint density at radius 3 is 1.67 bits per heavy atom. The van der Waals surface area contributed by atoms with E-state index in [4.69, 9.17) is 4.74 Å². The van der Waals surface area contributed by atoms with Gasteiger partial charge in [0.15, 0.2) is 5.85 Å². The maximum Gasteiger partial charge on any atom is 0.339 e. The predicted molar refractivity (Wildman–Crippen MR) is 169 cm³/mol. The van der Waals surface area contributed by atoms with E-state index in [-0.39, 0.29) is 12.1 Å². The van der Waals surface area contributed by atoms with E-state index in [9.17, 15) is 4.79 Å². The molecule has 42 heavy (non-hydrogen) atoms. The predicted octanol–water partition coefficient (Wildman–Crippen LogP) is 8.41. The molecule has 0 radical (unpaired) electrons. The number of fused-ring (bicyclic) bond motifs is 1. The van der Waals surface area contributed by atoms with Crippen LogP contribution in [0, 0.1) is 0 Å². The van der Waals surface area contributed by atoms with Gasteiger partial charge in [0.25, 0.3) is 7.44 Å². The first-order chi connectivity index (χ1) is 20.6. The average Bonchev–Trinajstić information content (AvgIpc) is 3.28. The molecule has 0 aromatic heterocycles. The zero-order chi connectivity index (χ0) is 28.8. The second-order valence-electron chi connectivity index (χ2n) is 11.1. The first kappa shape index (κ1) is 28.4. The summed E-state index contributed by atoms with van der Waals surface area (Å²) in [5.74, 6) is -1.42. The van der Waals surface area contributed by atoms with E-state index in [1.165, 1.54) is 0 Å². The normalized spacial score (nSPS) is 21.1. The quantitative estimate of drug-likeness (QED) is 0.148. The molecule has 2 aliphatic rings. The average molecular weight is 577 g/mol. The van der Waals surface area contributed by atoms with E-state index in [1.54, 1.807) is 12.1 Å². The van der Waals surface area contributed by atoms with E-state index in [2.05, 4.69) is 33.6 Å². The second-order valence-corrected chi connectivity index (χ2v) is 13.8. The van der Waals surface area contributed by atoms with Gasteiger partial charge >= 0.3 is 5.97 Å². The molecule has 2 fully saturated rings. The Bertz CT molecular complexity index is 1470. The van der Waals surface area contributed by atoms with Gasteiger partial charge < -0.3 is 4.74 Å². The minimum Gasteiger partial charge on any atom is -0.444 e. The molecule has 3 atom stereocenters. The molecule has 6 heteroatoms. The van der Waals surface area contributed by atoms with Gasteiger partial charge in [0.1, 0.15) is 0 Å². The van der Waals surface area contributed by atoms with Crippen molar-refractivity contribution in [3.63, 3.8) is 0 Å². The van der Waals surface area contributed by atoms with Gasteiger partial charge in [-0.2, -0.15) is 0 Å². The van der Waals surface area contributed by atoms with Crippen LogP contribution in [0.25, 0.3) is 6.08 Å². The number of benzene rings is 4. The van der Waals surface area contributed by atoms with E-state index in [0.717, 1.165) is 42.4 Å². The van der Waals surface area contributed by atoms with E-state index in [1.807, 2.05) is 97.1 Å². The second kappa shape index (κ2) is 13.0. The van der Waals surface area contributed by atoms with Crippen LogP contribution in [0.3, 0.4) is 0 Å². The van der Waals surface area contributed by atoms with Gasteiger partial charge in [0, 0.05) is 25.2 Å². The Morgan fingerprint density at radius 2 is 1.17 bits per heavy atom. The van der Waals surface area contributed by atoms with Gasteiger partial charge in [-0.25, -0.2) is 14.1 Å². The Morgan fingerprint density at radius 1 is 0.714 bits per heavy atom. The first-order valence-corrected chi connectivity index (χ1v) is 16.5. The Kier molecular flexibility index (Phi) is 8.81. The third-order valence-corrected chi connectivity index (χ3v) is 11.7. The van der Waals surface area contributed by atoms with Crippen molar-refractivity contribution in [3.8, 4) is 0 Å². The van der Waals surface area contributed by atoms with Crippen LogP contribution in [0.15, 0.2) is 127 Å². The van der Waals surface area contributed by atoms with Crippen LogP contribution >= 0.6 is 7.44 Å². The molecule has 1 aliphatic carbocycles. The van der Waals surface area contributed by atoms with E-state index < -0.39 is 19.3 Å². The van der Waals surface area contributed by atoms with Crippen LogP contribution < -0.4 is 0 Å². The molecule has 0 spiro atoms. The number of carbonyl (C=O) groups excluding carboxylic acids is 1. The number of esters is 1. The van der Waals surface area contributed by atoms with Gasteiger partial charge in [0.2, 0.25) is 0 Å². The minimum atomic E-state index is -3.51. The van der Waals surface area contributed by atoms with E-state index in [0.29, 0.717) is 18.7 Å². The highest BCUT2D eigenvalue weighted by molar-refractivity contribution is 7.60. The summed E-state index contributed by atoms with van der Waals surface area (Å²) in [6.45, 7) is 1.06. The lowest BCUT2D eigenvalue weighted by molar-refractivity contribution is 0.0482. The van der Waals surface area contributed by atoms with Crippen molar-refractivity contribution >= 4 is 19.5 Å². The molecular formula is C36H37N2O3P. The number of rotatable bonds is 9. The van der Waals surface area contributed by atoms with Crippen molar-refractivity contribution in [1.29, 1.82) is 0 Å². The highest BCUT2D eigenvalue weighted by Crippen LogP contribution is 2.68. The lowest BCUT2D eigenvalue weighted by Crippen LogP contribution is -2.39. The zero-order valence-corrected chi connectivity index (χ0v) is 24.6. The molecule has 6 rings (SSSR count). The van der Waals surface area contributed by atoms with Crippen molar-refractivity contribution in [2.45, 2.75) is 56.7 Å². The van der Waals surface area contributed by atoms with Gasteiger partial charge in [-0.05, 0) is 47.7 Å². The monoisotopic (exact) mass is 576 g/mol. The van der Waals surface area contributed by atoms with Crippen LogP contribution in [0.1, 0.15) is 52.7 Å². The van der Waals surface area contributed by atoms with Crippen LogP contribution in [-0.2, 0) is 22.4 Å². The lowest BCUT2D eigenvalue weighted by Gasteiger charge is -2.36. The number of nitrogens with zero attached hydrogens (tertiary/aromatic N) is 2. The highest BCUT2D eigenvalue weighted by atomic mass is 31.2. The van der Waals surface area contributed by atoms with Crippen molar-refractivity contribution in [3.05, 3.63) is 150 Å². The first-order valence-electron chi connectivity index (χ1n) is 14.8. The molecule has 0 amide bonds. The van der Waals surface area contributed by atoms with Crippen molar-refractivity contribution in [2.75, 3.05) is 0 Å². The van der Waals surface area contributed by atoms with Crippen molar-refractivity contribution < 1.29 is 14.1 Å². The fourth-order valence-corrected chi connectivity index (χ4v) is 9.90. The molecule has 5 nitrogen and oxygen atoms in total. The largest absolute Gasteiger partial charge is 0.444 e. The minimum absolute atomic E-state index is 0.108. The number of hydrogen-bond donors (Lipinski definition) is 0. The molecule has 4 aromatic rings. The summed E-state index contributed by atoms with van der Waals surface area (Å²) in [4.78, 5) is 13.6. The third kappa shape index (κ3) is 6.05. The molecule has 1 saturated heterocycles. The van der Waals surface area contributed by atoms with Gasteiger partial charge in [-0.3, -0.25) is 4.57 Å². The number of ether oxygens (including phenoxy) is 1. The Balaban J connectivity index is 1.47. The standard InChI is InChI=1S/C36H37N2O3P/c39-36(32-21-11-4-12-22-32)41-35(26-25-29-15-5-1-6-16-29)42(40)37(27-30-17-7-2-8-18-30)33-23-13-14-24-34(33)38(42)28-31-19-9-3-10-20-31/h1-12,15-22,25-26,33-35H,13-14,23-24,27-28H2/b26-25+/t33-,34-,35+/m0/s1. The summed E-state index contributed by atoms with van der Waals surface area (Å²) in [7, 11) is -3.51. The number of hydrogen-bond acceptors (Lipinski definition) is 3. The van der Waals surface area contributed by atoms with Crippen LogP contribution in [0.5, 0.6) is 0 Å². The maximum absolute atomic E-state index is 16.1. The summed E-state index contributed by atoms with van der Waals surface area (Å²) in [5, 5.41) is 0. The highest BCUT2D eigenvalue weighted by Gasteiger charge is 2.59. The van der Waals surface area contributed by atoms with Gasteiger partial charge in [-0.1, -0.05) is 128 Å². The molecular weight excluding hydrogens is 539 g/mol. The molecule has 1 heterocycles. The molecule has 0 N–H and O–H groups in total. The molecule has 4 aromatic carbocycles. The van der Waals surface area contributed by atoms with E-state index >= 15 is 4.57 Å². The molecule has 1 aliphatic heterocycles. The van der Waals surface area contributed by atoms with Crippen molar-refractivity contribution in [1.82, 2.24) is 9.34 Å². The van der Waals surface area contributed by atoms with Crippen LogP contribution in [0.4, 0.5) is 0 Å². The van der Waals surface area contributed by atoms with Crippen LogP contribution in [0.2, 0.25) is 0 Å². The SMILES string of the molecule is O=C(O[C@@H](/C=C/c1ccccc1)P1(=O)N(Cc2ccccc2)[C@H]2CCCC[C@@H]2N1Cc1ccccc1)c1ccccc1. The number of carbonyl (C=O) groups is 1. The van der Waals surface area contributed by atoms with Crippen molar-refractivity contribution in [2.24, 2.45) is 0 Å². The molecule has 0 unspecified atom stereocenters. The maximum atomic E-state index is 16.1. The lowest BCUT2D eigenvalue weighted by atomic mass is 9.90. The summed E-state index contributed by atoms with van der Waals surface area (Å²) in [5.41, 5.74) is 3.61. The molecule has 214 valence electrons. The third-order valence-electron chi connectivity index (χ3n) is 8.39. The fourth-order valence-electron chi connectivity index (χ4n) is 6.36. The molecule has 0 bridgehead atoms. The fraction of sp³-hybridized carbons (Fsp3) is 0.250. The summed E-state index contributed by atoms with van der Waals surface area (Å²) in [6.07, 6.45) is 7.92. The smallest absolute Gasteiger partial charge is 0.339 e. The topological polar surface area (TPSA) is 49.9 Å². The van der Waals surface area contributed by atoms with Gasteiger partial charge in [0.05, 0.1) is 5.56 Å². The van der Waals surface area contributed by atoms with Gasteiger partial charge in [-0.15, -0.1) is 0 Å². The summed E-state index contributed by atoms with van der Waals surface area (Å²) < 4.78 is 26.8. The Hall–Kier alpha value is -3.76. The summed E-state index contributed by atoms with van der Waals surface area (Å²) >= 11 is 0.